The van der Waals surface area contributed by atoms with Crippen molar-refractivity contribution in [2.45, 2.75) is 12.8 Å². The summed E-state index contributed by atoms with van der Waals surface area (Å²) in [7, 11) is 1.92. The van der Waals surface area contributed by atoms with Gasteiger partial charge < -0.3 is 24.9 Å². The minimum absolute atomic E-state index is 0.524. The Labute approximate surface area is 163 Å². The van der Waals surface area contributed by atoms with Gasteiger partial charge in [-0.1, -0.05) is 30.3 Å². The number of hydrogen-bond donors (Lipinski definition) is 2. The highest BCUT2D eigenvalue weighted by Crippen LogP contribution is 2.31. The van der Waals surface area contributed by atoms with Gasteiger partial charge in [-0.15, -0.1) is 0 Å². The second kappa shape index (κ2) is 7.76. The number of benzene rings is 3. The van der Waals surface area contributed by atoms with E-state index in [1.54, 1.807) is 0 Å². The summed E-state index contributed by atoms with van der Waals surface area (Å²) in [5.41, 5.74) is 8.45. The van der Waals surface area contributed by atoms with Gasteiger partial charge in [0.1, 0.15) is 30.1 Å². The van der Waals surface area contributed by atoms with E-state index in [1.807, 2.05) is 90.6 Å². The molecule has 1 aromatic heterocycles. The maximum absolute atomic E-state index is 9.79. The van der Waals surface area contributed by atoms with E-state index in [1.165, 1.54) is 0 Å². The van der Waals surface area contributed by atoms with Crippen LogP contribution in [0.4, 0.5) is 0 Å². The lowest BCUT2D eigenvalue weighted by molar-refractivity contribution is 0.187. The molecule has 28 heavy (non-hydrogen) atoms. The SMILES string of the molecule is Cn1cc(C(N)O)c2cc(Oc3ccc(OCc4ccccc4)cc3)ccc21. The molecule has 1 atom stereocenters. The van der Waals surface area contributed by atoms with Gasteiger partial charge in [0.05, 0.1) is 0 Å². The van der Waals surface area contributed by atoms with Crippen molar-refractivity contribution in [3.63, 3.8) is 0 Å². The number of nitrogens with zero attached hydrogens (tertiary/aromatic N) is 1. The third-order valence-corrected chi connectivity index (χ3v) is 4.62. The summed E-state index contributed by atoms with van der Waals surface area (Å²) in [5, 5.41) is 10.7. The third-order valence-electron chi connectivity index (χ3n) is 4.62. The number of ether oxygens (including phenoxy) is 2. The van der Waals surface area contributed by atoms with Crippen molar-refractivity contribution in [2.75, 3.05) is 0 Å². The summed E-state index contributed by atoms with van der Waals surface area (Å²) in [5.74, 6) is 2.17. The molecule has 0 saturated heterocycles. The summed E-state index contributed by atoms with van der Waals surface area (Å²) in [6.45, 7) is 0.524. The number of aromatic nitrogens is 1. The highest BCUT2D eigenvalue weighted by atomic mass is 16.5. The lowest BCUT2D eigenvalue weighted by Gasteiger charge is -2.09. The molecule has 1 heterocycles. The van der Waals surface area contributed by atoms with Crippen molar-refractivity contribution >= 4 is 10.9 Å². The van der Waals surface area contributed by atoms with E-state index < -0.39 is 6.23 Å². The summed E-state index contributed by atoms with van der Waals surface area (Å²) >= 11 is 0. The number of fused-ring (bicyclic) bond motifs is 1. The van der Waals surface area contributed by atoms with Gasteiger partial charge in [0.25, 0.3) is 0 Å². The molecule has 5 heteroatoms. The van der Waals surface area contributed by atoms with Crippen molar-refractivity contribution in [2.24, 2.45) is 12.8 Å². The topological polar surface area (TPSA) is 69.6 Å². The molecule has 0 aliphatic carbocycles. The van der Waals surface area contributed by atoms with Crippen molar-refractivity contribution in [3.8, 4) is 17.2 Å². The fraction of sp³-hybridized carbons (Fsp3) is 0.130. The maximum atomic E-state index is 9.79. The third kappa shape index (κ3) is 3.86. The van der Waals surface area contributed by atoms with Gasteiger partial charge in [-0.2, -0.15) is 0 Å². The molecule has 0 aliphatic heterocycles. The van der Waals surface area contributed by atoms with Gasteiger partial charge in [-0.25, -0.2) is 0 Å². The van der Waals surface area contributed by atoms with Crippen LogP contribution in [0.2, 0.25) is 0 Å². The van der Waals surface area contributed by atoms with Crippen LogP contribution in [0.3, 0.4) is 0 Å². The summed E-state index contributed by atoms with van der Waals surface area (Å²) < 4.78 is 13.7. The standard InChI is InChI=1S/C23H22N2O3/c1-25-14-21(23(24)26)20-13-19(11-12-22(20)25)28-18-9-7-17(8-10-18)27-15-16-5-3-2-4-6-16/h2-14,23,26H,15,24H2,1H3. The molecule has 5 nitrogen and oxygen atoms in total. The van der Waals surface area contributed by atoms with Crippen molar-refractivity contribution in [3.05, 3.63) is 90.1 Å². The van der Waals surface area contributed by atoms with Crippen LogP contribution in [0.5, 0.6) is 17.2 Å². The van der Waals surface area contributed by atoms with Crippen molar-refractivity contribution in [1.82, 2.24) is 4.57 Å². The molecule has 0 aliphatic rings. The molecule has 142 valence electrons. The molecule has 0 fully saturated rings. The van der Waals surface area contributed by atoms with Crippen LogP contribution < -0.4 is 15.2 Å². The van der Waals surface area contributed by atoms with E-state index in [0.29, 0.717) is 23.7 Å². The zero-order chi connectivity index (χ0) is 19.5. The normalized spacial score (nSPS) is 12.1. The second-order valence-corrected chi connectivity index (χ2v) is 6.67. The number of rotatable bonds is 6. The van der Waals surface area contributed by atoms with E-state index in [0.717, 1.165) is 22.2 Å². The van der Waals surface area contributed by atoms with E-state index in [2.05, 4.69) is 0 Å². The Bertz CT molecular complexity index is 1070. The average molecular weight is 374 g/mol. The fourth-order valence-corrected chi connectivity index (χ4v) is 3.18. The Morgan fingerprint density at radius 3 is 2.32 bits per heavy atom. The highest BCUT2D eigenvalue weighted by Gasteiger charge is 2.12. The first-order valence-corrected chi connectivity index (χ1v) is 9.07. The molecule has 4 aromatic rings. The van der Waals surface area contributed by atoms with E-state index >= 15 is 0 Å². The smallest absolute Gasteiger partial charge is 0.130 e. The Morgan fingerprint density at radius 2 is 1.61 bits per heavy atom. The molecule has 0 saturated carbocycles. The predicted octanol–water partition coefficient (Wildman–Crippen LogP) is 4.50. The Morgan fingerprint density at radius 1 is 0.929 bits per heavy atom. The second-order valence-electron chi connectivity index (χ2n) is 6.67. The lowest BCUT2D eigenvalue weighted by atomic mass is 10.1. The average Bonchev–Trinajstić information content (AvgIpc) is 3.05. The van der Waals surface area contributed by atoms with Gasteiger partial charge in [-0.05, 0) is 48.0 Å². The quantitative estimate of drug-likeness (QED) is 0.488. The summed E-state index contributed by atoms with van der Waals surface area (Å²) in [4.78, 5) is 0. The zero-order valence-electron chi connectivity index (χ0n) is 15.6. The molecule has 4 rings (SSSR count). The molecule has 0 amide bonds. The van der Waals surface area contributed by atoms with Crippen LogP contribution in [-0.4, -0.2) is 9.67 Å². The summed E-state index contributed by atoms with van der Waals surface area (Å²) in [6, 6.07) is 23.3. The molecular weight excluding hydrogens is 352 g/mol. The van der Waals surface area contributed by atoms with Gasteiger partial charge in [0, 0.05) is 29.7 Å². The van der Waals surface area contributed by atoms with E-state index in [4.69, 9.17) is 15.2 Å². The molecule has 3 N–H and O–H groups in total. The number of aliphatic hydroxyl groups is 1. The first-order valence-electron chi connectivity index (χ1n) is 9.07. The van der Waals surface area contributed by atoms with Crippen LogP contribution >= 0.6 is 0 Å². The molecule has 0 spiro atoms. The first kappa shape index (κ1) is 18.1. The van der Waals surface area contributed by atoms with Crippen molar-refractivity contribution in [1.29, 1.82) is 0 Å². The largest absolute Gasteiger partial charge is 0.489 e. The van der Waals surface area contributed by atoms with Crippen LogP contribution in [0.15, 0.2) is 79.0 Å². The van der Waals surface area contributed by atoms with Gasteiger partial charge in [-0.3, -0.25) is 0 Å². The summed E-state index contributed by atoms with van der Waals surface area (Å²) in [6.07, 6.45) is 0.804. The zero-order valence-corrected chi connectivity index (χ0v) is 15.6. The number of aliphatic hydroxyl groups excluding tert-OH is 1. The van der Waals surface area contributed by atoms with E-state index in [-0.39, 0.29) is 0 Å². The Kier molecular flexibility index (Phi) is 5.02. The number of nitrogens with two attached hydrogens (primary N) is 1. The van der Waals surface area contributed by atoms with E-state index in [9.17, 15) is 5.11 Å². The molecule has 0 bridgehead atoms. The Balaban J connectivity index is 1.47. The monoisotopic (exact) mass is 374 g/mol. The number of hydrogen-bond acceptors (Lipinski definition) is 4. The predicted molar refractivity (Wildman–Crippen MR) is 109 cm³/mol. The number of aryl methyl sites for hydroxylation is 1. The first-order chi connectivity index (χ1) is 13.6. The van der Waals surface area contributed by atoms with Gasteiger partial charge in [0.2, 0.25) is 0 Å². The fourth-order valence-electron chi connectivity index (χ4n) is 3.18. The minimum atomic E-state index is -1.03. The molecule has 1 unspecified atom stereocenters. The maximum Gasteiger partial charge on any atom is 0.130 e. The van der Waals surface area contributed by atoms with Gasteiger partial charge >= 0.3 is 0 Å². The minimum Gasteiger partial charge on any atom is -0.489 e. The van der Waals surface area contributed by atoms with Gasteiger partial charge in [0.15, 0.2) is 0 Å². The molecule has 0 radical (unpaired) electrons. The van der Waals surface area contributed by atoms with Crippen LogP contribution in [0.1, 0.15) is 17.4 Å². The van der Waals surface area contributed by atoms with Crippen LogP contribution in [0.25, 0.3) is 10.9 Å². The molecule has 3 aromatic carbocycles. The molecular formula is C23H22N2O3. The highest BCUT2D eigenvalue weighted by molar-refractivity contribution is 5.85. The van der Waals surface area contributed by atoms with Crippen LogP contribution in [-0.2, 0) is 13.7 Å². The lowest BCUT2D eigenvalue weighted by Crippen LogP contribution is -2.07. The van der Waals surface area contributed by atoms with Crippen LogP contribution in [0, 0.1) is 0 Å². The van der Waals surface area contributed by atoms with Crippen molar-refractivity contribution < 1.29 is 14.6 Å². The Hall–Kier alpha value is -3.28.